The number of aryl methyl sites for hydroxylation is 1. The Morgan fingerprint density at radius 2 is 2.24 bits per heavy atom. The molecule has 0 aliphatic carbocycles. The Kier molecular flexibility index (Phi) is 3.47. The van der Waals surface area contributed by atoms with Gasteiger partial charge in [-0.3, -0.25) is 9.89 Å². The van der Waals surface area contributed by atoms with E-state index in [2.05, 4.69) is 27.8 Å². The third-order valence-corrected chi connectivity index (χ3v) is 3.48. The summed E-state index contributed by atoms with van der Waals surface area (Å²) in [5.41, 5.74) is 1.99. The van der Waals surface area contributed by atoms with Crippen molar-refractivity contribution < 1.29 is 4.79 Å². The molecule has 1 fully saturated rings. The first kappa shape index (κ1) is 12.1. The molecule has 0 bridgehead atoms. The highest BCUT2D eigenvalue weighted by atomic mass is 16.2. The molecule has 2 unspecified atom stereocenters. The molecule has 1 amide bonds. The third-order valence-electron chi connectivity index (χ3n) is 3.48. The molecule has 17 heavy (non-hydrogen) atoms. The fraction of sp³-hybridized carbons (Fsp3) is 0.667. The van der Waals surface area contributed by atoms with E-state index < -0.39 is 0 Å². The fourth-order valence-corrected chi connectivity index (χ4v) is 2.12. The number of amides is 1. The summed E-state index contributed by atoms with van der Waals surface area (Å²) in [6, 6.07) is -0.0878. The van der Waals surface area contributed by atoms with Gasteiger partial charge in [0.05, 0.1) is 6.04 Å². The number of carbonyl (C=O) groups is 1. The molecule has 3 N–H and O–H groups in total. The van der Waals surface area contributed by atoms with Gasteiger partial charge < -0.3 is 10.6 Å². The van der Waals surface area contributed by atoms with E-state index >= 15 is 0 Å². The van der Waals surface area contributed by atoms with Gasteiger partial charge in [-0.25, -0.2) is 0 Å². The molecular weight excluding hydrogens is 216 g/mol. The van der Waals surface area contributed by atoms with Crippen LogP contribution in [0, 0.1) is 19.8 Å². The first-order valence-corrected chi connectivity index (χ1v) is 6.13. The Balaban J connectivity index is 1.99. The standard InChI is InChI=1S/C12H20N4O/c1-7-4-5-13-10(6-7)12(17)14-11-8(2)9(3)15-16-11/h7,10,13H,4-6H2,1-3H3,(H2,14,15,16,17). The van der Waals surface area contributed by atoms with Crippen molar-refractivity contribution >= 4 is 11.7 Å². The lowest BCUT2D eigenvalue weighted by Gasteiger charge is -2.26. The summed E-state index contributed by atoms with van der Waals surface area (Å²) >= 11 is 0. The van der Waals surface area contributed by atoms with Crippen LogP contribution in [0.2, 0.25) is 0 Å². The molecule has 1 aliphatic heterocycles. The van der Waals surface area contributed by atoms with E-state index in [-0.39, 0.29) is 11.9 Å². The largest absolute Gasteiger partial charge is 0.308 e. The highest BCUT2D eigenvalue weighted by Crippen LogP contribution is 2.18. The molecule has 0 aromatic carbocycles. The molecular formula is C12H20N4O. The maximum absolute atomic E-state index is 12.0. The summed E-state index contributed by atoms with van der Waals surface area (Å²) in [6.07, 6.45) is 2.04. The van der Waals surface area contributed by atoms with Crippen LogP contribution in [0.5, 0.6) is 0 Å². The minimum atomic E-state index is -0.0878. The number of H-pyrrole nitrogens is 1. The highest BCUT2D eigenvalue weighted by molar-refractivity contribution is 5.94. The lowest BCUT2D eigenvalue weighted by molar-refractivity contribution is -0.119. The molecule has 2 heterocycles. The van der Waals surface area contributed by atoms with Crippen molar-refractivity contribution in [3.8, 4) is 0 Å². The quantitative estimate of drug-likeness (QED) is 0.726. The number of carbonyl (C=O) groups excluding carboxylic acids is 1. The van der Waals surface area contributed by atoms with Crippen LogP contribution in [0.4, 0.5) is 5.82 Å². The summed E-state index contributed by atoms with van der Waals surface area (Å²) in [6.45, 7) is 6.99. The Morgan fingerprint density at radius 3 is 2.82 bits per heavy atom. The van der Waals surface area contributed by atoms with E-state index in [0.717, 1.165) is 30.6 Å². The number of piperidine rings is 1. The number of aromatic amines is 1. The SMILES string of the molecule is Cc1[nH]nc(NC(=O)C2CC(C)CCN2)c1C. The lowest BCUT2D eigenvalue weighted by Crippen LogP contribution is -2.45. The van der Waals surface area contributed by atoms with E-state index in [1.54, 1.807) is 0 Å². The summed E-state index contributed by atoms with van der Waals surface area (Å²) in [5.74, 6) is 1.27. The van der Waals surface area contributed by atoms with Crippen LogP contribution in [-0.4, -0.2) is 28.7 Å². The Hall–Kier alpha value is -1.36. The Labute approximate surface area is 101 Å². The molecule has 1 aromatic rings. The molecule has 1 aliphatic rings. The summed E-state index contributed by atoms with van der Waals surface area (Å²) in [7, 11) is 0. The second-order valence-electron chi connectivity index (χ2n) is 4.95. The average molecular weight is 236 g/mol. The molecule has 94 valence electrons. The van der Waals surface area contributed by atoms with Gasteiger partial charge in [0.2, 0.25) is 5.91 Å². The second-order valence-corrected chi connectivity index (χ2v) is 4.95. The molecule has 0 spiro atoms. The summed E-state index contributed by atoms with van der Waals surface area (Å²) in [4.78, 5) is 12.0. The van der Waals surface area contributed by atoms with Crippen LogP contribution in [0.3, 0.4) is 0 Å². The zero-order chi connectivity index (χ0) is 12.4. The van der Waals surface area contributed by atoms with Crippen LogP contribution in [0.25, 0.3) is 0 Å². The van der Waals surface area contributed by atoms with Gasteiger partial charge in [-0.1, -0.05) is 6.92 Å². The Bertz CT molecular complexity index is 413. The van der Waals surface area contributed by atoms with E-state index in [1.807, 2.05) is 13.8 Å². The lowest BCUT2D eigenvalue weighted by atomic mass is 9.94. The monoisotopic (exact) mass is 236 g/mol. The highest BCUT2D eigenvalue weighted by Gasteiger charge is 2.25. The molecule has 5 nitrogen and oxygen atoms in total. The number of nitrogens with one attached hydrogen (secondary N) is 3. The van der Waals surface area contributed by atoms with E-state index in [1.165, 1.54) is 0 Å². The maximum Gasteiger partial charge on any atom is 0.242 e. The van der Waals surface area contributed by atoms with Crippen molar-refractivity contribution in [1.29, 1.82) is 0 Å². The second kappa shape index (κ2) is 4.87. The van der Waals surface area contributed by atoms with Crippen molar-refractivity contribution in [1.82, 2.24) is 15.5 Å². The average Bonchev–Trinajstić information content (AvgIpc) is 2.61. The van der Waals surface area contributed by atoms with Gasteiger partial charge in [-0.05, 0) is 39.2 Å². The van der Waals surface area contributed by atoms with Gasteiger partial charge in [0.1, 0.15) is 0 Å². The van der Waals surface area contributed by atoms with Crippen molar-refractivity contribution in [3.05, 3.63) is 11.3 Å². The molecule has 0 saturated carbocycles. The van der Waals surface area contributed by atoms with Gasteiger partial charge in [-0.15, -0.1) is 0 Å². The number of nitrogens with zero attached hydrogens (tertiary/aromatic N) is 1. The molecule has 2 rings (SSSR count). The number of hydrogen-bond acceptors (Lipinski definition) is 3. The smallest absolute Gasteiger partial charge is 0.242 e. The van der Waals surface area contributed by atoms with Gasteiger partial charge in [-0.2, -0.15) is 5.10 Å². The Morgan fingerprint density at radius 1 is 1.47 bits per heavy atom. The fourth-order valence-electron chi connectivity index (χ4n) is 2.12. The molecule has 1 saturated heterocycles. The molecule has 5 heteroatoms. The summed E-state index contributed by atoms with van der Waals surface area (Å²) in [5, 5.41) is 13.1. The number of aromatic nitrogens is 2. The first-order valence-electron chi connectivity index (χ1n) is 6.13. The van der Waals surface area contributed by atoms with E-state index in [4.69, 9.17) is 0 Å². The van der Waals surface area contributed by atoms with Gasteiger partial charge in [0, 0.05) is 11.3 Å². The van der Waals surface area contributed by atoms with Crippen LogP contribution in [-0.2, 0) is 4.79 Å². The van der Waals surface area contributed by atoms with E-state index in [0.29, 0.717) is 11.7 Å². The van der Waals surface area contributed by atoms with Gasteiger partial charge in [0.25, 0.3) is 0 Å². The number of hydrogen-bond donors (Lipinski definition) is 3. The first-order chi connectivity index (χ1) is 8.08. The van der Waals surface area contributed by atoms with Crippen LogP contribution >= 0.6 is 0 Å². The number of anilines is 1. The van der Waals surface area contributed by atoms with Crippen molar-refractivity contribution in [2.75, 3.05) is 11.9 Å². The molecule has 0 radical (unpaired) electrons. The zero-order valence-corrected chi connectivity index (χ0v) is 10.6. The zero-order valence-electron chi connectivity index (χ0n) is 10.6. The van der Waals surface area contributed by atoms with Crippen LogP contribution < -0.4 is 10.6 Å². The maximum atomic E-state index is 12.0. The minimum Gasteiger partial charge on any atom is -0.308 e. The molecule has 2 atom stereocenters. The summed E-state index contributed by atoms with van der Waals surface area (Å²) < 4.78 is 0. The number of rotatable bonds is 2. The molecule has 1 aromatic heterocycles. The predicted octanol–water partition coefficient (Wildman–Crippen LogP) is 1.35. The van der Waals surface area contributed by atoms with Crippen molar-refractivity contribution in [2.24, 2.45) is 5.92 Å². The van der Waals surface area contributed by atoms with E-state index in [9.17, 15) is 4.79 Å². The third kappa shape index (κ3) is 2.66. The normalized spacial score (nSPS) is 24.6. The van der Waals surface area contributed by atoms with Gasteiger partial charge >= 0.3 is 0 Å². The van der Waals surface area contributed by atoms with Crippen molar-refractivity contribution in [3.63, 3.8) is 0 Å². The van der Waals surface area contributed by atoms with Crippen LogP contribution in [0.1, 0.15) is 31.0 Å². The van der Waals surface area contributed by atoms with Crippen molar-refractivity contribution in [2.45, 2.75) is 39.7 Å². The predicted molar refractivity (Wildman–Crippen MR) is 66.9 cm³/mol. The minimum absolute atomic E-state index is 0.0196. The topological polar surface area (TPSA) is 69.8 Å². The van der Waals surface area contributed by atoms with Crippen LogP contribution in [0.15, 0.2) is 0 Å². The van der Waals surface area contributed by atoms with Gasteiger partial charge in [0.15, 0.2) is 5.82 Å².